The molecule has 2 rings (SSSR count). The van der Waals surface area contributed by atoms with Crippen LogP contribution in [0.2, 0.25) is 0 Å². The zero-order valence-corrected chi connectivity index (χ0v) is 15.0. The maximum atomic E-state index is 12.3. The van der Waals surface area contributed by atoms with Crippen molar-refractivity contribution in [3.8, 4) is 0 Å². The zero-order chi connectivity index (χ0) is 15.6. The van der Waals surface area contributed by atoms with Crippen molar-refractivity contribution in [2.45, 2.75) is 0 Å². The standard InChI is InChI=1S/C13H18IN3O3S/c1-15(2)21(19,20)17-9-7-16(8-10-17)13(18)11-3-5-12(14)6-4-11/h3-6H,7-10H2,1-2H3. The Kier molecular flexibility index (Phi) is 5.23. The Labute approximate surface area is 139 Å². The first kappa shape index (κ1) is 16.7. The molecule has 8 heteroatoms. The van der Waals surface area contributed by atoms with Crippen LogP contribution in [0, 0.1) is 3.57 Å². The number of carbonyl (C=O) groups excluding carboxylic acids is 1. The first-order valence-electron chi connectivity index (χ1n) is 6.55. The summed E-state index contributed by atoms with van der Waals surface area (Å²) in [4.78, 5) is 14.0. The molecule has 1 aliphatic rings. The molecule has 1 aliphatic heterocycles. The highest BCUT2D eigenvalue weighted by Gasteiger charge is 2.30. The molecule has 0 unspecified atom stereocenters. The molecule has 0 radical (unpaired) electrons. The summed E-state index contributed by atoms with van der Waals surface area (Å²) in [5, 5.41) is 0. The lowest BCUT2D eigenvalue weighted by Gasteiger charge is -2.35. The number of piperazine rings is 1. The molecule has 0 aromatic heterocycles. The van der Waals surface area contributed by atoms with Crippen LogP contribution in [-0.2, 0) is 10.2 Å². The van der Waals surface area contributed by atoms with Gasteiger partial charge in [-0.05, 0) is 46.9 Å². The average Bonchev–Trinajstić information content (AvgIpc) is 2.47. The molecule has 0 aliphatic carbocycles. The molecule has 0 spiro atoms. The molecule has 0 N–H and O–H groups in total. The van der Waals surface area contributed by atoms with Crippen LogP contribution in [0.15, 0.2) is 24.3 Å². The van der Waals surface area contributed by atoms with Crippen molar-refractivity contribution in [1.82, 2.24) is 13.5 Å². The van der Waals surface area contributed by atoms with E-state index in [9.17, 15) is 13.2 Å². The highest BCUT2D eigenvalue weighted by atomic mass is 127. The molecular weight excluding hydrogens is 405 g/mol. The van der Waals surface area contributed by atoms with Gasteiger partial charge >= 0.3 is 0 Å². The lowest BCUT2D eigenvalue weighted by atomic mass is 10.2. The molecule has 0 bridgehead atoms. The summed E-state index contributed by atoms with van der Waals surface area (Å²) in [7, 11) is -0.367. The molecule has 1 amide bonds. The predicted octanol–water partition coefficient (Wildman–Crippen LogP) is 0.855. The van der Waals surface area contributed by atoms with Gasteiger partial charge in [-0.25, -0.2) is 0 Å². The highest BCUT2D eigenvalue weighted by Crippen LogP contribution is 2.14. The van der Waals surface area contributed by atoms with E-state index in [1.165, 1.54) is 22.7 Å². The second kappa shape index (κ2) is 6.59. The lowest BCUT2D eigenvalue weighted by molar-refractivity contribution is 0.0695. The molecule has 1 aromatic carbocycles. The van der Waals surface area contributed by atoms with Crippen LogP contribution in [0.1, 0.15) is 10.4 Å². The van der Waals surface area contributed by atoms with E-state index in [0.717, 1.165) is 3.57 Å². The van der Waals surface area contributed by atoms with Crippen LogP contribution in [0.25, 0.3) is 0 Å². The topological polar surface area (TPSA) is 60.9 Å². The Morgan fingerprint density at radius 3 is 2.10 bits per heavy atom. The minimum Gasteiger partial charge on any atom is -0.336 e. The molecular formula is C13H18IN3O3S. The number of halogens is 1. The second-order valence-electron chi connectivity index (χ2n) is 4.99. The summed E-state index contributed by atoms with van der Waals surface area (Å²) in [5.41, 5.74) is 0.638. The quantitative estimate of drug-likeness (QED) is 0.678. The van der Waals surface area contributed by atoms with E-state index >= 15 is 0 Å². The predicted molar refractivity (Wildman–Crippen MR) is 89.2 cm³/mol. The van der Waals surface area contributed by atoms with E-state index in [1.807, 2.05) is 12.1 Å². The van der Waals surface area contributed by atoms with Gasteiger partial charge in [0.2, 0.25) is 0 Å². The molecule has 1 aromatic rings. The number of nitrogens with zero attached hydrogens (tertiary/aromatic N) is 3. The molecule has 1 heterocycles. The Hall–Kier alpha value is -0.710. The first-order chi connectivity index (χ1) is 9.82. The van der Waals surface area contributed by atoms with Crippen molar-refractivity contribution in [3.05, 3.63) is 33.4 Å². The summed E-state index contributed by atoms with van der Waals surface area (Å²) in [6, 6.07) is 7.38. The van der Waals surface area contributed by atoms with E-state index in [-0.39, 0.29) is 5.91 Å². The Morgan fingerprint density at radius 2 is 1.62 bits per heavy atom. The molecule has 1 saturated heterocycles. The smallest absolute Gasteiger partial charge is 0.281 e. The summed E-state index contributed by atoms with van der Waals surface area (Å²) in [5.74, 6) is -0.0479. The van der Waals surface area contributed by atoms with Crippen molar-refractivity contribution >= 4 is 38.7 Å². The molecule has 6 nitrogen and oxygen atoms in total. The van der Waals surface area contributed by atoms with Gasteiger partial charge in [0.05, 0.1) is 0 Å². The Bertz CT molecular complexity index is 608. The summed E-state index contributed by atoms with van der Waals surface area (Å²) < 4.78 is 27.7. The lowest BCUT2D eigenvalue weighted by Crippen LogP contribution is -2.53. The van der Waals surface area contributed by atoms with Crippen LogP contribution in [0.4, 0.5) is 0 Å². The summed E-state index contributed by atoms with van der Waals surface area (Å²) in [6.45, 7) is 1.49. The number of benzene rings is 1. The maximum Gasteiger partial charge on any atom is 0.281 e. The zero-order valence-electron chi connectivity index (χ0n) is 12.0. The van der Waals surface area contributed by atoms with Gasteiger partial charge in [0.15, 0.2) is 0 Å². The van der Waals surface area contributed by atoms with Crippen LogP contribution < -0.4 is 0 Å². The fourth-order valence-corrected chi connectivity index (χ4v) is 3.57. The van der Waals surface area contributed by atoms with Crippen LogP contribution in [0.5, 0.6) is 0 Å². The van der Waals surface area contributed by atoms with Crippen molar-refractivity contribution in [3.63, 3.8) is 0 Å². The van der Waals surface area contributed by atoms with Gasteiger partial charge in [-0.2, -0.15) is 17.0 Å². The SMILES string of the molecule is CN(C)S(=O)(=O)N1CCN(C(=O)c2ccc(I)cc2)CC1. The molecule has 0 saturated carbocycles. The van der Waals surface area contributed by atoms with Crippen molar-refractivity contribution in [2.75, 3.05) is 40.3 Å². The van der Waals surface area contributed by atoms with Crippen LogP contribution in [-0.4, -0.2) is 68.1 Å². The number of amides is 1. The summed E-state index contributed by atoms with van der Waals surface area (Å²) >= 11 is 2.19. The average molecular weight is 423 g/mol. The van der Waals surface area contributed by atoms with Crippen LogP contribution >= 0.6 is 22.6 Å². The summed E-state index contributed by atoms with van der Waals surface area (Å²) in [6.07, 6.45) is 0. The van der Waals surface area contributed by atoms with Gasteiger partial charge < -0.3 is 4.90 Å². The Morgan fingerprint density at radius 1 is 1.10 bits per heavy atom. The third-order valence-electron chi connectivity index (χ3n) is 3.40. The molecule has 116 valence electrons. The third kappa shape index (κ3) is 3.74. The second-order valence-corrected chi connectivity index (χ2v) is 8.38. The third-order valence-corrected chi connectivity index (χ3v) is 6.06. The van der Waals surface area contributed by atoms with Crippen molar-refractivity contribution in [1.29, 1.82) is 0 Å². The van der Waals surface area contributed by atoms with Gasteiger partial charge in [0, 0.05) is 49.4 Å². The number of carbonyl (C=O) groups is 1. The normalized spacial score (nSPS) is 17.2. The van der Waals surface area contributed by atoms with E-state index in [1.54, 1.807) is 17.0 Å². The van der Waals surface area contributed by atoms with Gasteiger partial charge in [0.1, 0.15) is 0 Å². The monoisotopic (exact) mass is 423 g/mol. The molecule has 21 heavy (non-hydrogen) atoms. The number of hydrogen-bond donors (Lipinski definition) is 0. The molecule has 1 fully saturated rings. The van der Waals surface area contributed by atoms with Gasteiger partial charge in [0.25, 0.3) is 16.1 Å². The Balaban J connectivity index is 2.01. The van der Waals surface area contributed by atoms with E-state index in [0.29, 0.717) is 31.7 Å². The van der Waals surface area contributed by atoms with E-state index in [4.69, 9.17) is 0 Å². The van der Waals surface area contributed by atoms with E-state index < -0.39 is 10.2 Å². The van der Waals surface area contributed by atoms with Gasteiger partial charge in [-0.1, -0.05) is 0 Å². The minimum atomic E-state index is -3.39. The van der Waals surface area contributed by atoms with Crippen molar-refractivity contribution in [2.24, 2.45) is 0 Å². The van der Waals surface area contributed by atoms with E-state index in [2.05, 4.69) is 22.6 Å². The highest BCUT2D eigenvalue weighted by molar-refractivity contribution is 14.1. The van der Waals surface area contributed by atoms with Crippen molar-refractivity contribution < 1.29 is 13.2 Å². The van der Waals surface area contributed by atoms with Gasteiger partial charge in [-0.3, -0.25) is 4.79 Å². The first-order valence-corrected chi connectivity index (χ1v) is 9.02. The fourth-order valence-electron chi connectivity index (χ4n) is 2.13. The maximum absolute atomic E-state index is 12.3. The largest absolute Gasteiger partial charge is 0.336 e. The fraction of sp³-hybridized carbons (Fsp3) is 0.462. The number of rotatable bonds is 3. The molecule has 0 atom stereocenters. The van der Waals surface area contributed by atoms with Crippen LogP contribution in [0.3, 0.4) is 0 Å². The minimum absolute atomic E-state index is 0.0479. The van der Waals surface area contributed by atoms with Gasteiger partial charge in [-0.15, -0.1) is 0 Å². The number of hydrogen-bond acceptors (Lipinski definition) is 3.